The van der Waals surface area contributed by atoms with E-state index < -0.39 is 35.9 Å². The number of likely N-dealkylation sites (tertiary alicyclic amines) is 1. The third-order valence-corrected chi connectivity index (χ3v) is 8.97. The number of pyridine rings is 1. The maximum atomic E-state index is 16.4. The van der Waals surface area contributed by atoms with Gasteiger partial charge in [-0.3, -0.25) is 9.88 Å². The summed E-state index contributed by atoms with van der Waals surface area (Å²) in [7, 11) is 0. The van der Waals surface area contributed by atoms with Gasteiger partial charge >= 0.3 is 6.01 Å². The third-order valence-electron chi connectivity index (χ3n) is 8.97. The van der Waals surface area contributed by atoms with Crippen molar-refractivity contribution >= 4 is 27.5 Å². The summed E-state index contributed by atoms with van der Waals surface area (Å²) in [6, 6.07) is 9.99. The molecule has 2 aromatic heterocycles. The molecule has 2 aliphatic heterocycles. The van der Waals surface area contributed by atoms with Crippen molar-refractivity contribution in [2.24, 2.45) is 11.8 Å². The first kappa shape index (κ1) is 28.0. The molecule has 3 aliphatic rings. The number of fused-ring (bicyclic) bond motifs is 4. The second-order valence-corrected chi connectivity index (χ2v) is 11.9. The molecule has 7 rings (SSSR count). The summed E-state index contributed by atoms with van der Waals surface area (Å²) in [4.78, 5) is 16.8. The lowest BCUT2D eigenvalue weighted by atomic mass is 9.93. The largest absolute Gasteiger partial charge is 0.508 e. The molecule has 12 heteroatoms. The minimum absolute atomic E-state index is 0.0393. The van der Waals surface area contributed by atoms with Crippen LogP contribution >= 0.6 is 0 Å². The van der Waals surface area contributed by atoms with Crippen molar-refractivity contribution in [3.8, 4) is 23.0 Å². The van der Waals surface area contributed by atoms with Gasteiger partial charge in [-0.05, 0) is 42.2 Å². The van der Waals surface area contributed by atoms with E-state index in [0.717, 1.165) is 0 Å². The summed E-state index contributed by atoms with van der Waals surface area (Å²) < 4.78 is 65.3. The molecule has 2 bridgehead atoms. The Labute approximate surface area is 244 Å². The Morgan fingerprint density at radius 1 is 1.02 bits per heavy atom. The van der Waals surface area contributed by atoms with E-state index in [0.29, 0.717) is 42.1 Å². The minimum atomic E-state index is -2.77. The highest BCUT2D eigenvalue weighted by molar-refractivity contribution is 5.99. The van der Waals surface area contributed by atoms with Gasteiger partial charge in [0.2, 0.25) is 0 Å². The summed E-state index contributed by atoms with van der Waals surface area (Å²) in [5.74, 6) is -5.07. The van der Waals surface area contributed by atoms with E-state index in [-0.39, 0.29) is 67.0 Å². The smallest absolute Gasteiger partial charge is 0.319 e. The Balaban J connectivity index is 1.28. The summed E-state index contributed by atoms with van der Waals surface area (Å²) in [5, 5.41) is 22.5. The number of phenols is 1. The quantitative estimate of drug-likeness (QED) is 0.289. The first-order valence-electron chi connectivity index (χ1n) is 14.6. The number of hydrogen-bond donors (Lipinski definition) is 2. The summed E-state index contributed by atoms with van der Waals surface area (Å²) in [6.07, 6.45) is 0.714. The number of phenolic OH excluding ortho intramolecular Hbond substituents is 1. The SMILES string of the molecule is Oc1cc(-c2ncc3c(N4CC5CCC(C4)C5(F)F)nc(OCC(O)CN4CCC(F)C4)nc3c2F)c2ccccc2c1. The van der Waals surface area contributed by atoms with Gasteiger partial charge in [0.15, 0.2) is 5.82 Å². The highest BCUT2D eigenvalue weighted by Crippen LogP contribution is 2.50. The molecule has 4 heterocycles. The predicted molar refractivity (Wildman–Crippen MR) is 153 cm³/mol. The summed E-state index contributed by atoms with van der Waals surface area (Å²) in [5.41, 5.74) is 0.201. The van der Waals surface area contributed by atoms with Gasteiger partial charge in [-0.2, -0.15) is 9.97 Å². The van der Waals surface area contributed by atoms with Gasteiger partial charge in [0.1, 0.15) is 41.7 Å². The van der Waals surface area contributed by atoms with Crippen LogP contribution in [0.2, 0.25) is 0 Å². The highest BCUT2D eigenvalue weighted by atomic mass is 19.3. The molecule has 2 aromatic carbocycles. The highest BCUT2D eigenvalue weighted by Gasteiger charge is 2.56. The molecule has 226 valence electrons. The van der Waals surface area contributed by atoms with Crippen LogP contribution in [-0.2, 0) is 0 Å². The van der Waals surface area contributed by atoms with Crippen molar-refractivity contribution in [1.29, 1.82) is 0 Å². The lowest BCUT2D eigenvalue weighted by Crippen LogP contribution is -2.49. The molecule has 1 aliphatic carbocycles. The average molecular weight is 598 g/mol. The number of anilines is 1. The first-order chi connectivity index (χ1) is 20.7. The lowest BCUT2D eigenvalue weighted by molar-refractivity contribution is -0.0830. The van der Waals surface area contributed by atoms with Crippen LogP contribution in [0.3, 0.4) is 0 Å². The number of aromatic nitrogens is 3. The fraction of sp³-hybridized carbons (Fsp3) is 0.452. The van der Waals surface area contributed by atoms with Gasteiger partial charge in [0.25, 0.3) is 5.92 Å². The molecule has 0 radical (unpaired) electrons. The van der Waals surface area contributed by atoms with E-state index in [4.69, 9.17) is 4.74 Å². The molecule has 0 amide bonds. The fourth-order valence-electron chi connectivity index (χ4n) is 6.80. The van der Waals surface area contributed by atoms with Crippen molar-refractivity contribution in [2.75, 3.05) is 44.2 Å². The van der Waals surface area contributed by atoms with Crippen LogP contribution in [0.1, 0.15) is 19.3 Å². The Morgan fingerprint density at radius 3 is 2.53 bits per heavy atom. The van der Waals surface area contributed by atoms with Crippen LogP contribution in [0.15, 0.2) is 42.6 Å². The Morgan fingerprint density at radius 2 is 1.79 bits per heavy atom. The van der Waals surface area contributed by atoms with Crippen LogP contribution in [0.5, 0.6) is 11.8 Å². The van der Waals surface area contributed by atoms with Gasteiger partial charge in [-0.25, -0.2) is 17.6 Å². The van der Waals surface area contributed by atoms with Crippen LogP contribution in [-0.4, -0.2) is 87.6 Å². The number of rotatable bonds is 7. The van der Waals surface area contributed by atoms with Crippen molar-refractivity contribution in [2.45, 2.75) is 37.5 Å². The van der Waals surface area contributed by atoms with Gasteiger partial charge in [0, 0.05) is 56.3 Å². The zero-order valence-electron chi connectivity index (χ0n) is 23.3. The molecule has 4 aromatic rings. The van der Waals surface area contributed by atoms with E-state index in [1.807, 2.05) is 6.07 Å². The van der Waals surface area contributed by atoms with E-state index >= 15 is 4.39 Å². The van der Waals surface area contributed by atoms with Crippen LogP contribution in [0.4, 0.5) is 23.4 Å². The van der Waals surface area contributed by atoms with Crippen LogP contribution in [0.25, 0.3) is 32.9 Å². The predicted octanol–water partition coefficient (Wildman–Crippen LogP) is 4.95. The Bertz CT molecular complexity index is 1670. The molecule has 3 fully saturated rings. The molecule has 0 spiro atoms. The summed E-state index contributed by atoms with van der Waals surface area (Å²) >= 11 is 0. The number of nitrogens with zero attached hydrogens (tertiary/aromatic N) is 5. The molecule has 1 saturated carbocycles. The molecule has 4 unspecified atom stereocenters. The average Bonchev–Trinajstić information content (AvgIpc) is 3.40. The number of aromatic hydroxyl groups is 1. The number of hydrogen-bond acceptors (Lipinski definition) is 8. The standard InChI is InChI=1S/C31H31F4N5O3/c32-20-7-8-39(14-20)15-22(42)16-43-30-37-28-25(29(38-30)40-12-18-5-6-19(13-40)31(18,34)35)11-36-27(26(28)33)24-10-21(41)9-17-3-1-2-4-23(17)24/h1-4,9-11,18-20,22,41-42H,5-8,12-16H2. The zero-order chi connectivity index (χ0) is 29.9. The van der Waals surface area contributed by atoms with Crippen LogP contribution in [0, 0.1) is 17.7 Å². The van der Waals surface area contributed by atoms with Gasteiger partial charge in [0.05, 0.1) is 5.39 Å². The number of aliphatic hydroxyl groups excluding tert-OH is 1. The normalized spacial score (nSPS) is 24.2. The molecule has 8 nitrogen and oxygen atoms in total. The Kier molecular flexibility index (Phi) is 7.00. The lowest BCUT2D eigenvalue weighted by Gasteiger charge is -2.38. The van der Waals surface area contributed by atoms with E-state index in [1.54, 1.807) is 34.1 Å². The number of benzene rings is 2. The van der Waals surface area contributed by atoms with Crippen molar-refractivity contribution in [3.05, 3.63) is 48.4 Å². The number of piperidine rings is 1. The van der Waals surface area contributed by atoms with E-state index in [9.17, 15) is 23.4 Å². The van der Waals surface area contributed by atoms with Gasteiger partial charge < -0.3 is 19.8 Å². The van der Waals surface area contributed by atoms with E-state index in [2.05, 4.69) is 15.0 Å². The molecule has 43 heavy (non-hydrogen) atoms. The third kappa shape index (κ3) is 5.10. The number of aliphatic hydroxyl groups is 1. The fourth-order valence-corrected chi connectivity index (χ4v) is 6.80. The zero-order valence-corrected chi connectivity index (χ0v) is 23.3. The molecular formula is C31H31F4N5O3. The second kappa shape index (κ2) is 10.7. The molecular weight excluding hydrogens is 566 g/mol. The molecule has 2 saturated heterocycles. The number of ether oxygens (including phenoxy) is 1. The summed E-state index contributed by atoms with van der Waals surface area (Å²) in [6.45, 7) is 0.813. The topological polar surface area (TPSA) is 94.8 Å². The number of halogens is 4. The first-order valence-corrected chi connectivity index (χ1v) is 14.6. The maximum Gasteiger partial charge on any atom is 0.319 e. The van der Waals surface area contributed by atoms with Crippen molar-refractivity contribution < 1.29 is 32.5 Å². The van der Waals surface area contributed by atoms with Gasteiger partial charge in [-0.1, -0.05) is 24.3 Å². The molecule has 2 N–H and O–H groups in total. The van der Waals surface area contributed by atoms with E-state index in [1.165, 1.54) is 12.3 Å². The minimum Gasteiger partial charge on any atom is -0.508 e. The second-order valence-electron chi connectivity index (χ2n) is 11.9. The monoisotopic (exact) mass is 597 g/mol. The molecule has 4 atom stereocenters. The van der Waals surface area contributed by atoms with Crippen molar-refractivity contribution in [3.63, 3.8) is 0 Å². The van der Waals surface area contributed by atoms with Gasteiger partial charge in [-0.15, -0.1) is 0 Å². The van der Waals surface area contributed by atoms with Crippen molar-refractivity contribution in [1.82, 2.24) is 19.9 Å². The maximum absolute atomic E-state index is 16.4. The van der Waals surface area contributed by atoms with Crippen LogP contribution < -0.4 is 9.64 Å². The number of alkyl halides is 3. The Hall–Kier alpha value is -3.77. The number of β-amino-alcohol motifs (C(OH)–C–C–N with tert-alkyl or cyclic N) is 1.